The summed E-state index contributed by atoms with van der Waals surface area (Å²) in [6.07, 6.45) is 3.83. The van der Waals surface area contributed by atoms with Gasteiger partial charge in [0, 0.05) is 26.2 Å². The number of methoxy groups -OCH3 is 1. The molecule has 0 aliphatic carbocycles. The molecular formula is C13H23N3O3. The van der Waals surface area contributed by atoms with E-state index < -0.39 is 0 Å². The molecule has 2 amide bonds. The van der Waals surface area contributed by atoms with Gasteiger partial charge < -0.3 is 20.3 Å². The second-order valence-electron chi connectivity index (χ2n) is 5.27. The van der Waals surface area contributed by atoms with Crippen molar-refractivity contribution in [3.8, 4) is 0 Å². The molecule has 0 radical (unpaired) electrons. The van der Waals surface area contributed by atoms with Crippen LogP contribution in [0, 0.1) is 0 Å². The predicted molar refractivity (Wildman–Crippen MR) is 70.6 cm³/mol. The average Bonchev–Trinajstić information content (AvgIpc) is 2.93. The summed E-state index contributed by atoms with van der Waals surface area (Å²) in [5.41, 5.74) is 0. The van der Waals surface area contributed by atoms with Crippen LogP contribution < -0.4 is 10.6 Å². The van der Waals surface area contributed by atoms with Gasteiger partial charge in [-0.15, -0.1) is 0 Å². The largest absolute Gasteiger partial charge is 0.375 e. The zero-order chi connectivity index (χ0) is 13.7. The molecule has 0 saturated carbocycles. The van der Waals surface area contributed by atoms with Crippen LogP contribution in [0.15, 0.2) is 0 Å². The van der Waals surface area contributed by atoms with Crippen LogP contribution in [-0.2, 0) is 14.3 Å². The molecule has 2 aliphatic heterocycles. The Morgan fingerprint density at radius 1 is 1.37 bits per heavy atom. The van der Waals surface area contributed by atoms with Crippen molar-refractivity contribution in [1.29, 1.82) is 0 Å². The SMILES string of the molecule is COCC(=O)N1CCC[C@@H](NC(=O)C2CCCN2)C1. The topological polar surface area (TPSA) is 70.7 Å². The maximum absolute atomic E-state index is 12.0. The van der Waals surface area contributed by atoms with Gasteiger partial charge in [0.15, 0.2) is 0 Å². The predicted octanol–water partition coefficient (Wildman–Crippen LogP) is -0.508. The van der Waals surface area contributed by atoms with Crippen molar-refractivity contribution in [3.63, 3.8) is 0 Å². The molecule has 2 atom stereocenters. The molecule has 6 nitrogen and oxygen atoms in total. The molecule has 6 heteroatoms. The summed E-state index contributed by atoms with van der Waals surface area (Å²) in [4.78, 5) is 25.6. The summed E-state index contributed by atoms with van der Waals surface area (Å²) in [5, 5.41) is 6.24. The third-order valence-electron chi connectivity index (χ3n) is 3.77. The Hall–Kier alpha value is -1.14. The monoisotopic (exact) mass is 269 g/mol. The van der Waals surface area contributed by atoms with E-state index in [1.807, 2.05) is 0 Å². The minimum absolute atomic E-state index is 0.000408. The second kappa shape index (κ2) is 6.86. The fourth-order valence-electron chi connectivity index (χ4n) is 2.75. The van der Waals surface area contributed by atoms with Crippen molar-refractivity contribution < 1.29 is 14.3 Å². The van der Waals surface area contributed by atoms with E-state index in [9.17, 15) is 9.59 Å². The average molecular weight is 269 g/mol. The Labute approximate surface area is 113 Å². The molecule has 108 valence electrons. The number of nitrogens with zero attached hydrogens (tertiary/aromatic N) is 1. The number of likely N-dealkylation sites (tertiary alicyclic amines) is 1. The molecule has 2 N–H and O–H groups in total. The molecule has 2 fully saturated rings. The summed E-state index contributed by atoms with van der Waals surface area (Å²) in [6, 6.07) is 0.0227. The normalized spacial score (nSPS) is 27.3. The first-order valence-electron chi connectivity index (χ1n) is 7.01. The highest BCUT2D eigenvalue weighted by Crippen LogP contribution is 2.12. The highest BCUT2D eigenvalue weighted by atomic mass is 16.5. The van der Waals surface area contributed by atoms with Gasteiger partial charge in [-0.2, -0.15) is 0 Å². The Bertz CT molecular complexity index is 329. The lowest BCUT2D eigenvalue weighted by molar-refractivity contribution is -0.137. The van der Waals surface area contributed by atoms with Crippen molar-refractivity contribution in [3.05, 3.63) is 0 Å². The van der Waals surface area contributed by atoms with Gasteiger partial charge in [0.05, 0.1) is 6.04 Å². The maximum Gasteiger partial charge on any atom is 0.248 e. The van der Waals surface area contributed by atoms with Gasteiger partial charge in [0.1, 0.15) is 6.61 Å². The van der Waals surface area contributed by atoms with Crippen molar-refractivity contribution in [1.82, 2.24) is 15.5 Å². The van der Waals surface area contributed by atoms with Gasteiger partial charge in [-0.1, -0.05) is 0 Å². The molecule has 0 bridgehead atoms. The smallest absolute Gasteiger partial charge is 0.248 e. The van der Waals surface area contributed by atoms with Gasteiger partial charge in [-0.25, -0.2) is 0 Å². The Kier molecular flexibility index (Phi) is 5.15. The van der Waals surface area contributed by atoms with E-state index in [1.54, 1.807) is 4.90 Å². The number of ether oxygens (including phenoxy) is 1. The fraction of sp³-hybridized carbons (Fsp3) is 0.846. The molecule has 2 aliphatic rings. The molecule has 1 unspecified atom stereocenters. The molecule has 0 spiro atoms. The van der Waals surface area contributed by atoms with Gasteiger partial charge in [-0.3, -0.25) is 9.59 Å². The third kappa shape index (κ3) is 3.91. The molecular weight excluding hydrogens is 246 g/mol. The van der Waals surface area contributed by atoms with Crippen LogP contribution in [0.25, 0.3) is 0 Å². The minimum atomic E-state index is -0.0509. The quantitative estimate of drug-likeness (QED) is 0.721. The van der Waals surface area contributed by atoms with Crippen LogP contribution >= 0.6 is 0 Å². The Morgan fingerprint density at radius 3 is 2.89 bits per heavy atom. The fourth-order valence-corrected chi connectivity index (χ4v) is 2.75. The van der Waals surface area contributed by atoms with Gasteiger partial charge in [0.25, 0.3) is 0 Å². The van der Waals surface area contributed by atoms with Crippen LogP contribution in [0.3, 0.4) is 0 Å². The van der Waals surface area contributed by atoms with Crippen molar-refractivity contribution in [2.75, 3.05) is 33.4 Å². The Morgan fingerprint density at radius 2 is 2.21 bits per heavy atom. The molecule has 0 aromatic carbocycles. The Balaban J connectivity index is 1.80. The third-order valence-corrected chi connectivity index (χ3v) is 3.77. The van der Waals surface area contributed by atoms with E-state index >= 15 is 0 Å². The van der Waals surface area contributed by atoms with Crippen LogP contribution in [0.5, 0.6) is 0 Å². The summed E-state index contributed by atoms with van der Waals surface area (Å²) >= 11 is 0. The van der Waals surface area contributed by atoms with E-state index in [0.29, 0.717) is 6.54 Å². The molecule has 0 aromatic heterocycles. The lowest BCUT2D eigenvalue weighted by Crippen LogP contribution is -2.53. The van der Waals surface area contributed by atoms with Gasteiger partial charge >= 0.3 is 0 Å². The van der Waals surface area contributed by atoms with Crippen molar-refractivity contribution in [2.45, 2.75) is 37.8 Å². The lowest BCUT2D eigenvalue weighted by Gasteiger charge is -2.33. The first kappa shape index (κ1) is 14.3. The van der Waals surface area contributed by atoms with Crippen LogP contribution in [0.2, 0.25) is 0 Å². The zero-order valence-electron chi connectivity index (χ0n) is 11.5. The summed E-state index contributed by atoms with van der Waals surface area (Å²) in [6.45, 7) is 2.39. The number of hydrogen-bond donors (Lipinski definition) is 2. The molecule has 2 heterocycles. The number of rotatable bonds is 4. The summed E-state index contributed by atoms with van der Waals surface area (Å²) in [5.74, 6) is 0.0731. The van der Waals surface area contributed by atoms with E-state index in [-0.39, 0.29) is 30.5 Å². The number of amides is 2. The van der Waals surface area contributed by atoms with E-state index in [0.717, 1.165) is 38.8 Å². The standard InChI is InChI=1S/C13H23N3O3/c1-19-9-12(17)16-7-3-4-10(8-16)15-13(18)11-5-2-6-14-11/h10-11,14H,2-9H2,1H3,(H,15,18)/t10-,11?/m1/s1. The van der Waals surface area contributed by atoms with Gasteiger partial charge in [0.2, 0.25) is 11.8 Å². The first-order chi connectivity index (χ1) is 9.20. The molecule has 19 heavy (non-hydrogen) atoms. The summed E-state index contributed by atoms with van der Waals surface area (Å²) in [7, 11) is 1.52. The zero-order valence-corrected chi connectivity index (χ0v) is 11.5. The number of nitrogens with one attached hydrogen (secondary N) is 2. The maximum atomic E-state index is 12.0. The van der Waals surface area contributed by atoms with Crippen LogP contribution in [0.4, 0.5) is 0 Å². The highest BCUT2D eigenvalue weighted by molar-refractivity contribution is 5.82. The summed E-state index contributed by atoms with van der Waals surface area (Å²) < 4.78 is 4.87. The molecule has 2 rings (SSSR count). The van der Waals surface area contributed by atoms with E-state index in [1.165, 1.54) is 7.11 Å². The number of carbonyl (C=O) groups excluding carboxylic acids is 2. The number of piperidine rings is 1. The lowest BCUT2D eigenvalue weighted by atomic mass is 10.0. The van der Waals surface area contributed by atoms with E-state index in [4.69, 9.17) is 4.74 Å². The highest BCUT2D eigenvalue weighted by Gasteiger charge is 2.28. The van der Waals surface area contributed by atoms with Crippen molar-refractivity contribution in [2.24, 2.45) is 0 Å². The van der Waals surface area contributed by atoms with Crippen LogP contribution in [0.1, 0.15) is 25.7 Å². The molecule has 0 aromatic rings. The van der Waals surface area contributed by atoms with E-state index in [2.05, 4.69) is 10.6 Å². The second-order valence-corrected chi connectivity index (χ2v) is 5.27. The van der Waals surface area contributed by atoms with Crippen LogP contribution in [-0.4, -0.2) is 62.1 Å². The molecule has 2 saturated heterocycles. The first-order valence-corrected chi connectivity index (χ1v) is 7.01. The number of hydrogen-bond acceptors (Lipinski definition) is 4. The number of carbonyl (C=O) groups is 2. The van der Waals surface area contributed by atoms with Crippen molar-refractivity contribution >= 4 is 11.8 Å². The van der Waals surface area contributed by atoms with Gasteiger partial charge in [-0.05, 0) is 32.2 Å². The minimum Gasteiger partial charge on any atom is -0.375 e.